The minimum Gasteiger partial charge on any atom is -0.493 e. The van der Waals surface area contributed by atoms with E-state index in [2.05, 4.69) is 14.8 Å². The van der Waals surface area contributed by atoms with Crippen molar-refractivity contribution in [2.75, 3.05) is 14.2 Å². The Hall–Kier alpha value is -2.91. The third-order valence-corrected chi connectivity index (χ3v) is 5.44. The lowest BCUT2D eigenvalue weighted by molar-refractivity contribution is 0.354. The van der Waals surface area contributed by atoms with Crippen LogP contribution in [-0.4, -0.2) is 37.4 Å². The van der Waals surface area contributed by atoms with Gasteiger partial charge in [-0.3, -0.25) is 9.67 Å². The molecule has 0 fully saturated rings. The molecule has 3 aromatic rings. The molecule has 142 valence electrons. The van der Waals surface area contributed by atoms with Crippen molar-refractivity contribution in [3.05, 3.63) is 54.4 Å². The number of aryl methyl sites for hydroxylation is 1. The normalized spacial score (nSPS) is 11.4. The zero-order valence-corrected chi connectivity index (χ0v) is 16.0. The van der Waals surface area contributed by atoms with E-state index in [9.17, 15) is 8.42 Å². The summed E-state index contributed by atoms with van der Waals surface area (Å²) in [6.45, 7) is 0.120. The minimum absolute atomic E-state index is 0.0969. The molecule has 0 bridgehead atoms. The van der Waals surface area contributed by atoms with Crippen molar-refractivity contribution in [3.63, 3.8) is 0 Å². The molecule has 1 N–H and O–H groups in total. The fourth-order valence-corrected chi connectivity index (χ4v) is 3.58. The molecule has 0 atom stereocenters. The fraction of sp³-hybridized carbons (Fsp3) is 0.222. The summed E-state index contributed by atoms with van der Waals surface area (Å²) in [5.74, 6) is 0.814. The van der Waals surface area contributed by atoms with E-state index < -0.39 is 10.0 Å². The fourth-order valence-electron chi connectivity index (χ4n) is 2.55. The number of hydrogen-bond acceptors (Lipinski definition) is 6. The number of aromatic nitrogens is 3. The SMILES string of the molecule is COc1ccc(S(=O)(=O)NCc2ccc(-c3ccnn3C)nc2)cc1OC. The lowest BCUT2D eigenvalue weighted by Gasteiger charge is -2.11. The third kappa shape index (κ3) is 4.09. The summed E-state index contributed by atoms with van der Waals surface area (Å²) in [4.78, 5) is 4.47. The van der Waals surface area contributed by atoms with Crippen LogP contribution in [0.2, 0.25) is 0 Å². The maximum atomic E-state index is 12.5. The molecule has 0 spiro atoms. The first-order chi connectivity index (χ1) is 12.9. The summed E-state index contributed by atoms with van der Waals surface area (Å²) in [7, 11) is 1.08. The van der Waals surface area contributed by atoms with Crippen LogP contribution in [0, 0.1) is 0 Å². The second kappa shape index (κ2) is 7.77. The number of benzene rings is 1. The molecule has 0 radical (unpaired) electrons. The van der Waals surface area contributed by atoms with Gasteiger partial charge in [0.05, 0.1) is 30.5 Å². The van der Waals surface area contributed by atoms with E-state index in [4.69, 9.17) is 9.47 Å². The average Bonchev–Trinajstić information content (AvgIpc) is 3.12. The zero-order valence-electron chi connectivity index (χ0n) is 15.2. The van der Waals surface area contributed by atoms with Crippen LogP contribution in [0.4, 0.5) is 0 Å². The van der Waals surface area contributed by atoms with Gasteiger partial charge in [0.1, 0.15) is 0 Å². The molecule has 0 aliphatic heterocycles. The largest absolute Gasteiger partial charge is 0.493 e. The van der Waals surface area contributed by atoms with E-state index in [0.29, 0.717) is 11.5 Å². The highest BCUT2D eigenvalue weighted by Gasteiger charge is 2.17. The Kier molecular flexibility index (Phi) is 5.43. The number of nitrogens with zero attached hydrogens (tertiary/aromatic N) is 3. The van der Waals surface area contributed by atoms with Crippen molar-refractivity contribution >= 4 is 10.0 Å². The number of methoxy groups -OCH3 is 2. The molecule has 0 aliphatic rings. The van der Waals surface area contributed by atoms with E-state index >= 15 is 0 Å². The number of hydrogen-bond donors (Lipinski definition) is 1. The van der Waals surface area contributed by atoms with Gasteiger partial charge in [0.15, 0.2) is 11.5 Å². The van der Waals surface area contributed by atoms with Crippen molar-refractivity contribution in [3.8, 4) is 22.9 Å². The van der Waals surface area contributed by atoms with E-state index in [1.807, 2.05) is 25.2 Å². The van der Waals surface area contributed by atoms with Crippen molar-refractivity contribution in [1.82, 2.24) is 19.5 Å². The van der Waals surface area contributed by atoms with Gasteiger partial charge in [-0.25, -0.2) is 13.1 Å². The quantitative estimate of drug-likeness (QED) is 0.665. The first kappa shape index (κ1) is 18.9. The zero-order chi connectivity index (χ0) is 19.4. The van der Waals surface area contributed by atoms with Gasteiger partial charge in [-0.15, -0.1) is 0 Å². The second-order valence-corrected chi connectivity index (χ2v) is 7.50. The molecule has 0 saturated carbocycles. The van der Waals surface area contributed by atoms with Crippen LogP contribution in [0.15, 0.2) is 53.7 Å². The molecule has 2 heterocycles. The molecular weight excluding hydrogens is 368 g/mol. The minimum atomic E-state index is -3.70. The van der Waals surface area contributed by atoms with Gasteiger partial charge in [0.25, 0.3) is 0 Å². The highest BCUT2D eigenvalue weighted by Crippen LogP contribution is 2.29. The van der Waals surface area contributed by atoms with Crippen LogP contribution in [-0.2, 0) is 23.6 Å². The number of sulfonamides is 1. The Labute approximate surface area is 157 Å². The highest BCUT2D eigenvalue weighted by atomic mass is 32.2. The smallest absolute Gasteiger partial charge is 0.241 e. The molecule has 0 saturated heterocycles. The molecule has 9 heteroatoms. The molecule has 8 nitrogen and oxygen atoms in total. The van der Waals surface area contributed by atoms with Gasteiger partial charge in [-0.05, 0) is 29.8 Å². The molecule has 1 aromatic carbocycles. The van der Waals surface area contributed by atoms with Crippen molar-refractivity contribution in [2.24, 2.45) is 7.05 Å². The van der Waals surface area contributed by atoms with Gasteiger partial charge >= 0.3 is 0 Å². The van der Waals surface area contributed by atoms with Gasteiger partial charge in [0.2, 0.25) is 10.0 Å². The van der Waals surface area contributed by atoms with Gasteiger partial charge < -0.3 is 9.47 Å². The topological polar surface area (TPSA) is 95.3 Å². The van der Waals surface area contributed by atoms with Gasteiger partial charge in [0, 0.05) is 32.1 Å². The van der Waals surface area contributed by atoms with Crippen LogP contribution in [0.5, 0.6) is 11.5 Å². The van der Waals surface area contributed by atoms with E-state index in [1.54, 1.807) is 23.1 Å². The summed E-state index contributed by atoms with van der Waals surface area (Å²) in [6.07, 6.45) is 3.33. The maximum Gasteiger partial charge on any atom is 0.241 e. The standard InChI is InChI=1S/C18H20N4O4S/c1-22-16(8-9-20-22)15-6-4-13(11-19-15)12-21-27(23,24)14-5-7-17(25-2)18(10-14)26-3/h4-11,21H,12H2,1-3H3. The van der Waals surface area contributed by atoms with Crippen LogP contribution in [0.25, 0.3) is 11.4 Å². The lowest BCUT2D eigenvalue weighted by Crippen LogP contribution is -2.23. The van der Waals surface area contributed by atoms with E-state index in [-0.39, 0.29) is 11.4 Å². The molecule has 0 aliphatic carbocycles. The number of ether oxygens (including phenoxy) is 2. The lowest BCUT2D eigenvalue weighted by atomic mass is 10.2. The van der Waals surface area contributed by atoms with Crippen LogP contribution < -0.4 is 14.2 Å². The molecule has 3 rings (SSSR count). The van der Waals surface area contributed by atoms with Crippen molar-refractivity contribution in [2.45, 2.75) is 11.4 Å². The Bertz CT molecular complexity index is 1030. The average molecular weight is 388 g/mol. The van der Waals surface area contributed by atoms with Crippen molar-refractivity contribution in [1.29, 1.82) is 0 Å². The Morgan fingerprint density at radius 3 is 2.44 bits per heavy atom. The Balaban J connectivity index is 1.73. The first-order valence-corrected chi connectivity index (χ1v) is 9.58. The molecule has 27 heavy (non-hydrogen) atoms. The first-order valence-electron chi connectivity index (χ1n) is 8.09. The number of nitrogens with one attached hydrogen (secondary N) is 1. The van der Waals surface area contributed by atoms with Gasteiger partial charge in [-0.2, -0.15) is 5.10 Å². The summed E-state index contributed by atoms with van der Waals surface area (Å²) >= 11 is 0. The third-order valence-electron chi connectivity index (χ3n) is 4.04. The predicted octanol–water partition coefficient (Wildman–Crippen LogP) is 1.98. The van der Waals surface area contributed by atoms with Gasteiger partial charge in [-0.1, -0.05) is 6.07 Å². The monoisotopic (exact) mass is 388 g/mol. The molecular formula is C18H20N4O4S. The Morgan fingerprint density at radius 1 is 1.07 bits per heavy atom. The van der Waals surface area contributed by atoms with Crippen LogP contribution >= 0.6 is 0 Å². The number of pyridine rings is 1. The summed E-state index contributed by atoms with van der Waals surface area (Å²) in [6, 6.07) is 9.96. The molecule has 0 unspecified atom stereocenters. The Morgan fingerprint density at radius 2 is 1.85 bits per heavy atom. The van der Waals surface area contributed by atoms with Crippen LogP contribution in [0.1, 0.15) is 5.56 Å². The predicted molar refractivity (Wildman–Crippen MR) is 100 cm³/mol. The molecule has 0 amide bonds. The maximum absolute atomic E-state index is 12.5. The van der Waals surface area contributed by atoms with E-state index in [1.165, 1.54) is 26.4 Å². The highest BCUT2D eigenvalue weighted by molar-refractivity contribution is 7.89. The van der Waals surface area contributed by atoms with E-state index in [0.717, 1.165) is 17.0 Å². The van der Waals surface area contributed by atoms with Crippen molar-refractivity contribution < 1.29 is 17.9 Å². The van der Waals surface area contributed by atoms with Crippen LogP contribution in [0.3, 0.4) is 0 Å². The number of rotatable bonds is 7. The summed E-state index contributed by atoms with van der Waals surface area (Å²) in [5, 5.41) is 4.11. The summed E-state index contributed by atoms with van der Waals surface area (Å²) in [5.41, 5.74) is 2.39. The summed E-state index contributed by atoms with van der Waals surface area (Å²) < 4.78 is 39.6. The second-order valence-electron chi connectivity index (χ2n) is 5.73. The molecule has 2 aromatic heterocycles.